The van der Waals surface area contributed by atoms with Crippen LogP contribution in [-0.2, 0) is 16.4 Å². The summed E-state index contributed by atoms with van der Waals surface area (Å²) in [5.41, 5.74) is 7.12. The van der Waals surface area contributed by atoms with E-state index in [9.17, 15) is 8.42 Å². The normalized spacial score (nSPS) is 16.4. The minimum Gasteiger partial charge on any atom is -0.399 e. The monoisotopic (exact) mass is 296 g/mol. The van der Waals surface area contributed by atoms with E-state index in [1.54, 1.807) is 16.4 Å². The largest absolute Gasteiger partial charge is 0.399 e. The molecule has 0 aromatic heterocycles. The first-order valence-electron chi connectivity index (χ1n) is 7.37. The first-order chi connectivity index (χ1) is 9.48. The SMILES string of the molecule is CCc1ccc(N)cc1S(=O)(=O)N(CC)CC1CCC1. The van der Waals surface area contributed by atoms with Gasteiger partial charge in [0.1, 0.15) is 0 Å². The van der Waals surface area contributed by atoms with Crippen molar-refractivity contribution in [2.45, 2.75) is 44.4 Å². The number of hydrogen-bond donors (Lipinski definition) is 1. The smallest absolute Gasteiger partial charge is 0.243 e. The Labute approximate surface area is 122 Å². The van der Waals surface area contributed by atoms with E-state index in [1.807, 2.05) is 19.9 Å². The Hall–Kier alpha value is -1.07. The van der Waals surface area contributed by atoms with E-state index in [4.69, 9.17) is 5.73 Å². The summed E-state index contributed by atoms with van der Waals surface area (Å²) in [5.74, 6) is 0.524. The molecule has 0 unspecified atom stereocenters. The van der Waals surface area contributed by atoms with E-state index < -0.39 is 10.0 Å². The summed E-state index contributed by atoms with van der Waals surface area (Å²) < 4.78 is 27.3. The molecule has 0 saturated heterocycles. The zero-order valence-corrected chi connectivity index (χ0v) is 13.1. The third-order valence-corrected chi connectivity index (χ3v) is 6.15. The summed E-state index contributed by atoms with van der Waals surface area (Å²) >= 11 is 0. The first-order valence-corrected chi connectivity index (χ1v) is 8.81. The van der Waals surface area contributed by atoms with Gasteiger partial charge in [-0.05, 0) is 42.9 Å². The van der Waals surface area contributed by atoms with Crippen LogP contribution in [0.15, 0.2) is 23.1 Å². The van der Waals surface area contributed by atoms with Crippen molar-refractivity contribution in [1.29, 1.82) is 0 Å². The number of rotatable bonds is 6. The molecule has 0 radical (unpaired) electrons. The van der Waals surface area contributed by atoms with Crippen LogP contribution in [0.2, 0.25) is 0 Å². The number of nitrogens with two attached hydrogens (primary N) is 1. The fourth-order valence-electron chi connectivity index (χ4n) is 2.60. The van der Waals surface area contributed by atoms with Gasteiger partial charge in [-0.3, -0.25) is 0 Å². The molecule has 2 rings (SSSR count). The van der Waals surface area contributed by atoms with Gasteiger partial charge in [0.25, 0.3) is 0 Å². The number of benzene rings is 1. The van der Waals surface area contributed by atoms with E-state index >= 15 is 0 Å². The highest BCUT2D eigenvalue weighted by atomic mass is 32.2. The second-order valence-corrected chi connectivity index (χ2v) is 7.38. The van der Waals surface area contributed by atoms with Crippen molar-refractivity contribution in [3.05, 3.63) is 23.8 Å². The van der Waals surface area contributed by atoms with Crippen LogP contribution in [0.1, 0.15) is 38.7 Å². The molecular formula is C15H24N2O2S. The fourth-order valence-corrected chi connectivity index (χ4v) is 4.46. The van der Waals surface area contributed by atoms with Crippen LogP contribution in [0.4, 0.5) is 5.69 Å². The second kappa shape index (κ2) is 6.14. The maximum Gasteiger partial charge on any atom is 0.243 e. The van der Waals surface area contributed by atoms with Crippen LogP contribution < -0.4 is 5.73 Å². The molecule has 4 nitrogen and oxygen atoms in total. The molecule has 112 valence electrons. The fraction of sp³-hybridized carbons (Fsp3) is 0.600. The molecule has 0 spiro atoms. The van der Waals surface area contributed by atoms with Crippen molar-refractivity contribution in [3.63, 3.8) is 0 Å². The maximum atomic E-state index is 12.8. The Balaban J connectivity index is 2.33. The first kappa shape index (κ1) is 15.3. The molecule has 5 heteroatoms. The Bertz CT molecular complexity index is 565. The number of aryl methyl sites for hydroxylation is 1. The Kier molecular flexibility index (Phi) is 4.70. The molecular weight excluding hydrogens is 272 g/mol. The highest BCUT2D eigenvalue weighted by molar-refractivity contribution is 7.89. The highest BCUT2D eigenvalue weighted by Gasteiger charge is 2.29. The standard InChI is InChI=1S/C15H24N2O2S/c1-3-13-8-9-14(16)10-15(13)20(18,19)17(4-2)11-12-6-5-7-12/h8-10,12H,3-7,11,16H2,1-2H3. The second-order valence-electron chi connectivity index (χ2n) is 5.47. The third kappa shape index (κ3) is 2.99. The third-order valence-electron chi connectivity index (χ3n) is 4.13. The van der Waals surface area contributed by atoms with E-state index in [1.165, 1.54) is 6.42 Å². The predicted molar refractivity (Wildman–Crippen MR) is 82.0 cm³/mol. The zero-order chi connectivity index (χ0) is 14.8. The molecule has 1 aliphatic rings. The number of sulfonamides is 1. The molecule has 0 atom stereocenters. The molecule has 1 saturated carbocycles. The van der Waals surface area contributed by atoms with Crippen LogP contribution in [0, 0.1) is 5.92 Å². The van der Waals surface area contributed by atoms with Crippen molar-refractivity contribution in [2.24, 2.45) is 5.92 Å². The van der Waals surface area contributed by atoms with Crippen molar-refractivity contribution in [1.82, 2.24) is 4.31 Å². The van der Waals surface area contributed by atoms with E-state index in [0.29, 0.717) is 36.0 Å². The lowest BCUT2D eigenvalue weighted by atomic mass is 9.85. The minimum atomic E-state index is -3.43. The van der Waals surface area contributed by atoms with Crippen molar-refractivity contribution in [3.8, 4) is 0 Å². The van der Waals surface area contributed by atoms with Gasteiger partial charge in [-0.15, -0.1) is 0 Å². The van der Waals surface area contributed by atoms with Crippen molar-refractivity contribution >= 4 is 15.7 Å². The van der Waals surface area contributed by atoms with Gasteiger partial charge in [0.05, 0.1) is 4.90 Å². The predicted octanol–water partition coefficient (Wildman–Crippen LogP) is 2.64. The average molecular weight is 296 g/mol. The lowest BCUT2D eigenvalue weighted by Crippen LogP contribution is -2.37. The van der Waals surface area contributed by atoms with Gasteiger partial charge in [-0.1, -0.05) is 26.3 Å². The molecule has 0 heterocycles. The minimum absolute atomic E-state index is 0.376. The molecule has 2 N–H and O–H groups in total. The molecule has 1 fully saturated rings. The maximum absolute atomic E-state index is 12.8. The zero-order valence-electron chi connectivity index (χ0n) is 12.3. The van der Waals surface area contributed by atoms with Gasteiger partial charge in [0.2, 0.25) is 10.0 Å². The van der Waals surface area contributed by atoms with E-state index in [-0.39, 0.29) is 0 Å². The van der Waals surface area contributed by atoms with Crippen molar-refractivity contribution in [2.75, 3.05) is 18.8 Å². The molecule has 20 heavy (non-hydrogen) atoms. The topological polar surface area (TPSA) is 63.4 Å². The molecule has 0 aliphatic heterocycles. The lowest BCUT2D eigenvalue weighted by molar-refractivity contribution is 0.250. The van der Waals surface area contributed by atoms with Crippen molar-refractivity contribution < 1.29 is 8.42 Å². The highest BCUT2D eigenvalue weighted by Crippen LogP contribution is 2.30. The van der Waals surface area contributed by atoms with Gasteiger partial charge in [-0.2, -0.15) is 4.31 Å². The summed E-state index contributed by atoms with van der Waals surface area (Å²) in [6, 6.07) is 5.18. The van der Waals surface area contributed by atoms with Crippen LogP contribution in [-0.4, -0.2) is 25.8 Å². The summed E-state index contributed by atoms with van der Waals surface area (Å²) in [6.45, 7) is 5.01. The summed E-state index contributed by atoms with van der Waals surface area (Å²) in [7, 11) is -3.43. The molecule has 1 aromatic rings. The van der Waals surface area contributed by atoms with Crippen LogP contribution in [0.25, 0.3) is 0 Å². The molecule has 1 aromatic carbocycles. The van der Waals surface area contributed by atoms with Gasteiger partial charge < -0.3 is 5.73 Å². The van der Waals surface area contributed by atoms with Gasteiger partial charge in [-0.25, -0.2) is 8.42 Å². The quantitative estimate of drug-likeness (QED) is 0.821. The molecule has 0 amide bonds. The van der Waals surface area contributed by atoms with Crippen LogP contribution in [0.5, 0.6) is 0 Å². The number of nitrogens with zero attached hydrogens (tertiary/aromatic N) is 1. The number of nitrogen functional groups attached to an aromatic ring is 1. The van der Waals surface area contributed by atoms with Gasteiger partial charge >= 0.3 is 0 Å². The van der Waals surface area contributed by atoms with Gasteiger partial charge in [0, 0.05) is 18.8 Å². The lowest BCUT2D eigenvalue weighted by Gasteiger charge is -2.31. The summed E-state index contributed by atoms with van der Waals surface area (Å²) in [6.07, 6.45) is 4.20. The average Bonchev–Trinajstić information content (AvgIpc) is 2.37. The van der Waals surface area contributed by atoms with Crippen LogP contribution >= 0.6 is 0 Å². The van der Waals surface area contributed by atoms with E-state index in [0.717, 1.165) is 18.4 Å². The Morgan fingerprint density at radius 2 is 2.00 bits per heavy atom. The van der Waals surface area contributed by atoms with Crippen LogP contribution in [0.3, 0.4) is 0 Å². The molecule has 1 aliphatic carbocycles. The number of hydrogen-bond acceptors (Lipinski definition) is 3. The molecule has 0 bridgehead atoms. The summed E-state index contributed by atoms with van der Waals surface area (Å²) in [5, 5.41) is 0. The van der Waals surface area contributed by atoms with Gasteiger partial charge in [0.15, 0.2) is 0 Å². The number of anilines is 1. The Morgan fingerprint density at radius 1 is 1.30 bits per heavy atom. The van der Waals surface area contributed by atoms with E-state index in [2.05, 4.69) is 0 Å². The Morgan fingerprint density at radius 3 is 2.50 bits per heavy atom. The summed E-state index contributed by atoms with van der Waals surface area (Å²) in [4.78, 5) is 0.376.